The van der Waals surface area contributed by atoms with Crippen LogP contribution in [0.1, 0.15) is 15.9 Å². The second kappa shape index (κ2) is 5.52. The molecule has 4 heteroatoms. The summed E-state index contributed by atoms with van der Waals surface area (Å²) in [5.41, 5.74) is 0.779. The predicted molar refractivity (Wildman–Crippen MR) is 69.4 cm³/mol. The summed E-state index contributed by atoms with van der Waals surface area (Å²) in [6, 6.07) is 10.9. The van der Waals surface area contributed by atoms with Gasteiger partial charge in [-0.1, -0.05) is 12.1 Å². The molecular weight excluding hydrogens is 247 g/mol. The summed E-state index contributed by atoms with van der Waals surface area (Å²) in [7, 11) is 2.85. The average Bonchev–Trinajstić information content (AvgIpc) is 2.47. The van der Waals surface area contributed by atoms with Crippen LogP contribution < -0.4 is 9.47 Å². The zero-order valence-electron chi connectivity index (χ0n) is 10.6. The van der Waals surface area contributed by atoms with Crippen molar-refractivity contribution in [1.82, 2.24) is 0 Å². The van der Waals surface area contributed by atoms with Gasteiger partial charge in [0.15, 0.2) is 17.3 Å². The van der Waals surface area contributed by atoms with Gasteiger partial charge in [-0.15, -0.1) is 0 Å². The van der Waals surface area contributed by atoms with Crippen LogP contribution in [-0.2, 0) is 0 Å². The van der Waals surface area contributed by atoms with E-state index in [0.717, 1.165) is 0 Å². The van der Waals surface area contributed by atoms with Gasteiger partial charge in [0.2, 0.25) is 0 Å². The van der Waals surface area contributed by atoms with Crippen LogP contribution in [0.4, 0.5) is 4.39 Å². The van der Waals surface area contributed by atoms with Gasteiger partial charge in [-0.25, -0.2) is 4.39 Å². The van der Waals surface area contributed by atoms with Crippen molar-refractivity contribution >= 4 is 5.78 Å². The lowest BCUT2D eigenvalue weighted by atomic mass is 10.0. The Morgan fingerprint density at radius 2 is 1.68 bits per heavy atom. The summed E-state index contributed by atoms with van der Waals surface area (Å²) < 4.78 is 23.3. The summed E-state index contributed by atoms with van der Waals surface area (Å²) in [5.74, 6) is -0.216. The van der Waals surface area contributed by atoms with E-state index in [2.05, 4.69) is 0 Å². The molecule has 0 saturated heterocycles. The number of halogens is 1. The van der Waals surface area contributed by atoms with Crippen molar-refractivity contribution in [1.29, 1.82) is 0 Å². The Bertz CT molecular complexity index is 608. The summed E-state index contributed by atoms with van der Waals surface area (Å²) >= 11 is 0. The number of para-hydroxylation sites is 1. The predicted octanol–water partition coefficient (Wildman–Crippen LogP) is 3.07. The first-order chi connectivity index (χ1) is 9.17. The number of ether oxygens (including phenoxy) is 2. The lowest BCUT2D eigenvalue weighted by Gasteiger charge is -2.08. The van der Waals surface area contributed by atoms with Crippen LogP contribution in [0.2, 0.25) is 0 Å². The van der Waals surface area contributed by atoms with E-state index < -0.39 is 5.82 Å². The van der Waals surface area contributed by atoms with Crippen molar-refractivity contribution in [3.05, 3.63) is 59.4 Å². The molecular formula is C15H13FO3. The molecule has 0 saturated carbocycles. The van der Waals surface area contributed by atoms with E-state index in [9.17, 15) is 9.18 Å². The first-order valence-corrected chi connectivity index (χ1v) is 5.68. The van der Waals surface area contributed by atoms with Crippen molar-refractivity contribution in [2.45, 2.75) is 0 Å². The minimum Gasteiger partial charge on any atom is -0.496 e. The molecule has 0 spiro atoms. The molecule has 0 bridgehead atoms. The van der Waals surface area contributed by atoms with Gasteiger partial charge in [-0.3, -0.25) is 4.79 Å². The summed E-state index contributed by atoms with van der Waals surface area (Å²) in [6.07, 6.45) is 0. The molecule has 0 radical (unpaired) electrons. The fourth-order valence-corrected chi connectivity index (χ4v) is 1.79. The minimum absolute atomic E-state index is 0.0424. The molecule has 0 N–H and O–H groups in total. The molecule has 0 aliphatic rings. The van der Waals surface area contributed by atoms with E-state index in [-0.39, 0.29) is 11.5 Å². The molecule has 2 rings (SSSR count). The fraction of sp³-hybridized carbons (Fsp3) is 0.133. The van der Waals surface area contributed by atoms with E-state index in [4.69, 9.17) is 9.47 Å². The zero-order chi connectivity index (χ0) is 13.8. The van der Waals surface area contributed by atoms with Gasteiger partial charge in [0.25, 0.3) is 0 Å². The highest BCUT2D eigenvalue weighted by atomic mass is 19.1. The Balaban J connectivity index is 2.44. The van der Waals surface area contributed by atoms with E-state index in [1.165, 1.54) is 32.4 Å². The van der Waals surface area contributed by atoms with Crippen molar-refractivity contribution < 1.29 is 18.7 Å². The number of hydrogen-bond donors (Lipinski definition) is 0. The van der Waals surface area contributed by atoms with Gasteiger partial charge in [0.05, 0.1) is 19.8 Å². The quantitative estimate of drug-likeness (QED) is 0.792. The van der Waals surface area contributed by atoms with E-state index in [0.29, 0.717) is 16.9 Å². The maximum atomic E-state index is 13.3. The Morgan fingerprint density at radius 1 is 1.00 bits per heavy atom. The number of carbonyl (C=O) groups excluding carboxylic acids is 1. The lowest BCUT2D eigenvalue weighted by Crippen LogP contribution is -2.04. The average molecular weight is 260 g/mol. The Morgan fingerprint density at radius 3 is 2.37 bits per heavy atom. The maximum absolute atomic E-state index is 13.3. The van der Waals surface area contributed by atoms with Gasteiger partial charge < -0.3 is 9.47 Å². The van der Waals surface area contributed by atoms with Crippen molar-refractivity contribution in [2.75, 3.05) is 14.2 Å². The fourth-order valence-electron chi connectivity index (χ4n) is 1.79. The van der Waals surface area contributed by atoms with Crippen LogP contribution in [0.15, 0.2) is 42.5 Å². The molecule has 2 aromatic rings. The second-order valence-corrected chi connectivity index (χ2v) is 3.88. The molecule has 19 heavy (non-hydrogen) atoms. The molecule has 0 aliphatic carbocycles. The molecule has 0 unspecified atom stereocenters. The Labute approximate surface area is 110 Å². The molecule has 0 heterocycles. The van der Waals surface area contributed by atoms with Crippen molar-refractivity contribution in [2.24, 2.45) is 0 Å². The van der Waals surface area contributed by atoms with Crippen LogP contribution in [-0.4, -0.2) is 20.0 Å². The van der Waals surface area contributed by atoms with Gasteiger partial charge in [-0.05, 0) is 30.3 Å². The Kier molecular flexibility index (Phi) is 3.80. The molecule has 0 aliphatic heterocycles. The molecule has 0 atom stereocenters. The monoisotopic (exact) mass is 260 g/mol. The van der Waals surface area contributed by atoms with Gasteiger partial charge in [-0.2, -0.15) is 0 Å². The maximum Gasteiger partial charge on any atom is 0.196 e. The largest absolute Gasteiger partial charge is 0.496 e. The first kappa shape index (κ1) is 13.1. The van der Waals surface area contributed by atoms with Gasteiger partial charge in [0.1, 0.15) is 5.75 Å². The van der Waals surface area contributed by atoms with Crippen LogP contribution in [0.25, 0.3) is 0 Å². The molecule has 0 amide bonds. The third-order valence-electron chi connectivity index (χ3n) is 2.76. The van der Waals surface area contributed by atoms with E-state index in [1.54, 1.807) is 24.3 Å². The van der Waals surface area contributed by atoms with Crippen LogP contribution >= 0.6 is 0 Å². The lowest BCUT2D eigenvalue weighted by molar-refractivity contribution is 0.103. The van der Waals surface area contributed by atoms with E-state index >= 15 is 0 Å². The normalized spacial score (nSPS) is 10.1. The third-order valence-corrected chi connectivity index (χ3v) is 2.76. The molecule has 0 aromatic heterocycles. The third kappa shape index (κ3) is 2.57. The summed E-state index contributed by atoms with van der Waals surface area (Å²) in [6.45, 7) is 0. The standard InChI is InChI=1S/C15H13FO3/c1-18-13-6-4-3-5-11(13)15(17)10-7-8-12(16)14(9-10)19-2/h3-9H,1-2H3. The van der Waals surface area contributed by atoms with Crippen LogP contribution in [0.3, 0.4) is 0 Å². The minimum atomic E-state index is -0.501. The highest BCUT2D eigenvalue weighted by Gasteiger charge is 2.15. The van der Waals surface area contributed by atoms with Crippen molar-refractivity contribution in [3.8, 4) is 11.5 Å². The number of ketones is 1. The zero-order valence-corrected chi connectivity index (χ0v) is 10.6. The highest BCUT2D eigenvalue weighted by Crippen LogP contribution is 2.24. The molecule has 0 fully saturated rings. The number of carbonyl (C=O) groups is 1. The van der Waals surface area contributed by atoms with E-state index in [1.807, 2.05) is 0 Å². The van der Waals surface area contributed by atoms with Crippen LogP contribution in [0, 0.1) is 5.82 Å². The smallest absolute Gasteiger partial charge is 0.196 e. The van der Waals surface area contributed by atoms with Crippen LogP contribution in [0.5, 0.6) is 11.5 Å². The van der Waals surface area contributed by atoms with Gasteiger partial charge >= 0.3 is 0 Å². The number of benzene rings is 2. The molecule has 98 valence electrons. The number of hydrogen-bond acceptors (Lipinski definition) is 3. The highest BCUT2D eigenvalue weighted by molar-refractivity contribution is 6.10. The van der Waals surface area contributed by atoms with Gasteiger partial charge in [0, 0.05) is 5.56 Å². The second-order valence-electron chi connectivity index (χ2n) is 3.88. The molecule has 2 aromatic carbocycles. The topological polar surface area (TPSA) is 35.5 Å². The first-order valence-electron chi connectivity index (χ1n) is 5.68. The Hall–Kier alpha value is -2.36. The van der Waals surface area contributed by atoms with Crippen molar-refractivity contribution in [3.63, 3.8) is 0 Å². The summed E-state index contributed by atoms with van der Waals surface area (Å²) in [5, 5.41) is 0. The SMILES string of the molecule is COc1cc(C(=O)c2ccccc2OC)ccc1F. The molecule has 3 nitrogen and oxygen atoms in total. The number of rotatable bonds is 4. The number of methoxy groups -OCH3 is 2. The summed E-state index contributed by atoms with van der Waals surface area (Å²) in [4.78, 5) is 12.3.